The molecule has 1 aliphatic rings. The molecule has 1 amide bonds. The van der Waals surface area contributed by atoms with Crippen molar-refractivity contribution < 1.29 is 9.32 Å². The van der Waals surface area contributed by atoms with Crippen molar-refractivity contribution in [3.63, 3.8) is 0 Å². The lowest BCUT2D eigenvalue weighted by atomic mass is 9.95. The van der Waals surface area contributed by atoms with E-state index in [1.54, 1.807) is 0 Å². The molecule has 4 heterocycles. The number of rotatable bonds is 4. The summed E-state index contributed by atoms with van der Waals surface area (Å²) < 4.78 is 7.48. The molecule has 0 N–H and O–H groups in total. The summed E-state index contributed by atoms with van der Waals surface area (Å²) in [6.07, 6.45) is 5.71. The first-order valence-corrected chi connectivity index (χ1v) is 10.4. The minimum absolute atomic E-state index is 0.112. The Hall–Kier alpha value is -2.48. The molecule has 1 saturated heterocycles. The first kappa shape index (κ1) is 18.9. The van der Waals surface area contributed by atoms with Crippen LogP contribution in [0.1, 0.15) is 62.0 Å². The highest BCUT2D eigenvalue weighted by Crippen LogP contribution is 2.30. The summed E-state index contributed by atoms with van der Waals surface area (Å²) in [7, 11) is 0. The lowest BCUT2D eigenvalue weighted by molar-refractivity contribution is 0.0714. The Morgan fingerprint density at radius 2 is 1.96 bits per heavy atom. The molecule has 8 heteroatoms. The number of carbonyl (C=O) groups is 1. The number of hydrogen-bond donors (Lipinski definition) is 0. The fourth-order valence-electron chi connectivity index (χ4n) is 3.93. The predicted octanol–water partition coefficient (Wildman–Crippen LogP) is 3.63. The predicted molar refractivity (Wildman–Crippen MR) is 107 cm³/mol. The molecular weight excluding hydrogens is 374 g/mol. The lowest BCUT2D eigenvalue weighted by Crippen LogP contribution is -2.38. The van der Waals surface area contributed by atoms with Gasteiger partial charge >= 0.3 is 0 Å². The summed E-state index contributed by atoms with van der Waals surface area (Å²) in [6, 6.07) is 0. The molecule has 0 radical (unpaired) electrons. The van der Waals surface area contributed by atoms with E-state index < -0.39 is 0 Å². The van der Waals surface area contributed by atoms with Crippen molar-refractivity contribution in [1.82, 2.24) is 24.6 Å². The second-order valence-electron chi connectivity index (χ2n) is 7.43. The zero-order valence-electron chi connectivity index (χ0n) is 16.7. The maximum atomic E-state index is 12.8. The average molecular weight is 400 g/mol. The van der Waals surface area contributed by atoms with Gasteiger partial charge in [-0.1, -0.05) is 5.16 Å². The van der Waals surface area contributed by atoms with E-state index >= 15 is 0 Å². The number of hydrogen-bond acceptors (Lipinski definition) is 6. The zero-order chi connectivity index (χ0) is 19.8. The van der Waals surface area contributed by atoms with Gasteiger partial charge in [0.1, 0.15) is 16.5 Å². The van der Waals surface area contributed by atoms with Crippen molar-refractivity contribution in [2.75, 3.05) is 13.1 Å². The highest BCUT2D eigenvalue weighted by molar-refractivity contribution is 7.13. The quantitative estimate of drug-likeness (QED) is 0.669. The number of aryl methyl sites for hydroxylation is 4. The molecule has 0 aliphatic carbocycles. The molecular formula is C20H25N5O2S. The number of nitrogens with zero attached hydrogens (tertiary/aromatic N) is 5. The SMILES string of the molecule is Cc1nc(C)c(C(=O)N2CCC(c3nccn3Cc3c(C)noc3C)CC2)s1. The van der Waals surface area contributed by atoms with Crippen LogP contribution in [0.2, 0.25) is 0 Å². The Morgan fingerprint density at radius 1 is 1.21 bits per heavy atom. The van der Waals surface area contributed by atoms with Crippen molar-refractivity contribution in [3.05, 3.63) is 50.8 Å². The van der Waals surface area contributed by atoms with Gasteiger partial charge in [-0.2, -0.15) is 0 Å². The van der Waals surface area contributed by atoms with Gasteiger partial charge in [-0.15, -0.1) is 11.3 Å². The van der Waals surface area contributed by atoms with Crippen molar-refractivity contribution in [3.8, 4) is 0 Å². The van der Waals surface area contributed by atoms with E-state index in [4.69, 9.17) is 4.52 Å². The van der Waals surface area contributed by atoms with Gasteiger partial charge in [0.25, 0.3) is 5.91 Å². The minimum atomic E-state index is 0.112. The third-order valence-corrected chi connectivity index (χ3v) is 6.56. The van der Waals surface area contributed by atoms with Gasteiger partial charge in [-0.25, -0.2) is 9.97 Å². The van der Waals surface area contributed by atoms with E-state index in [2.05, 4.69) is 19.7 Å². The van der Waals surface area contributed by atoms with E-state index in [1.807, 2.05) is 45.0 Å². The third-order valence-electron chi connectivity index (χ3n) is 5.50. The van der Waals surface area contributed by atoms with Crippen LogP contribution in [0, 0.1) is 27.7 Å². The van der Waals surface area contributed by atoms with Crippen LogP contribution in [0.5, 0.6) is 0 Å². The molecule has 0 spiro atoms. The van der Waals surface area contributed by atoms with Gasteiger partial charge in [-0.3, -0.25) is 4.79 Å². The minimum Gasteiger partial charge on any atom is -0.361 e. The molecule has 3 aromatic rings. The molecule has 0 aromatic carbocycles. The Bertz CT molecular complexity index is 975. The third kappa shape index (κ3) is 3.48. The van der Waals surface area contributed by atoms with Crippen LogP contribution in [0.15, 0.2) is 16.9 Å². The summed E-state index contributed by atoms with van der Waals surface area (Å²) in [4.78, 5) is 24.6. The molecule has 0 atom stereocenters. The number of imidazole rings is 1. The maximum Gasteiger partial charge on any atom is 0.265 e. The Labute approximate surface area is 168 Å². The van der Waals surface area contributed by atoms with Crippen molar-refractivity contribution >= 4 is 17.2 Å². The van der Waals surface area contributed by atoms with Crippen LogP contribution in [0.3, 0.4) is 0 Å². The van der Waals surface area contributed by atoms with E-state index in [-0.39, 0.29) is 5.91 Å². The number of piperidine rings is 1. The first-order chi connectivity index (χ1) is 13.4. The largest absolute Gasteiger partial charge is 0.361 e. The number of aromatic nitrogens is 4. The van der Waals surface area contributed by atoms with Crippen molar-refractivity contribution in [2.24, 2.45) is 0 Å². The van der Waals surface area contributed by atoms with E-state index in [9.17, 15) is 4.79 Å². The molecule has 4 rings (SSSR count). The standard InChI is InChI=1S/C20H25N5O2S/c1-12-17(14(3)27-23-12)11-25-10-7-21-19(25)16-5-8-24(9-6-16)20(26)18-13(2)22-15(4)28-18/h7,10,16H,5-6,8-9,11H2,1-4H3. The normalized spacial score (nSPS) is 15.4. The number of amides is 1. The van der Waals surface area contributed by atoms with Crippen molar-refractivity contribution in [2.45, 2.75) is 53.0 Å². The molecule has 1 aliphatic heterocycles. The van der Waals surface area contributed by atoms with Crippen LogP contribution < -0.4 is 0 Å². The second kappa shape index (κ2) is 7.50. The van der Waals surface area contributed by atoms with Gasteiger partial charge < -0.3 is 14.0 Å². The van der Waals surface area contributed by atoms with Crippen LogP contribution in [-0.4, -0.2) is 43.6 Å². The molecule has 0 saturated carbocycles. The Morgan fingerprint density at radius 3 is 2.57 bits per heavy atom. The highest BCUT2D eigenvalue weighted by Gasteiger charge is 2.29. The molecule has 0 unspecified atom stereocenters. The van der Waals surface area contributed by atoms with Gasteiger partial charge in [0.05, 0.1) is 22.9 Å². The summed E-state index contributed by atoms with van der Waals surface area (Å²) in [5.41, 5.74) is 2.88. The van der Waals surface area contributed by atoms with E-state index in [1.165, 1.54) is 11.3 Å². The van der Waals surface area contributed by atoms with Gasteiger partial charge in [-0.05, 0) is 40.5 Å². The Balaban J connectivity index is 1.44. The molecule has 148 valence electrons. The van der Waals surface area contributed by atoms with Crippen LogP contribution in [0.4, 0.5) is 0 Å². The molecule has 0 bridgehead atoms. The fraction of sp³-hybridized carbons (Fsp3) is 0.500. The summed E-state index contributed by atoms with van der Waals surface area (Å²) >= 11 is 1.49. The van der Waals surface area contributed by atoms with Crippen molar-refractivity contribution in [1.29, 1.82) is 0 Å². The first-order valence-electron chi connectivity index (χ1n) is 9.60. The lowest BCUT2D eigenvalue weighted by Gasteiger charge is -2.31. The number of carbonyl (C=O) groups excluding carboxylic acids is 1. The second-order valence-corrected chi connectivity index (χ2v) is 8.63. The smallest absolute Gasteiger partial charge is 0.265 e. The highest BCUT2D eigenvalue weighted by atomic mass is 32.1. The van der Waals surface area contributed by atoms with E-state index in [0.717, 1.165) is 70.9 Å². The van der Waals surface area contributed by atoms with Gasteiger partial charge in [0.15, 0.2) is 0 Å². The zero-order valence-corrected chi connectivity index (χ0v) is 17.5. The molecule has 7 nitrogen and oxygen atoms in total. The Kier molecular flexibility index (Phi) is 5.05. The van der Waals surface area contributed by atoms with E-state index in [0.29, 0.717) is 5.92 Å². The fourth-order valence-corrected chi connectivity index (χ4v) is 4.81. The monoisotopic (exact) mass is 399 g/mol. The van der Waals surface area contributed by atoms with Gasteiger partial charge in [0, 0.05) is 37.0 Å². The molecule has 1 fully saturated rings. The average Bonchev–Trinajstić information content (AvgIpc) is 3.37. The summed E-state index contributed by atoms with van der Waals surface area (Å²) in [6.45, 7) is 9.98. The number of thiazole rings is 1. The number of likely N-dealkylation sites (tertiary alicyclic amines) is 1. The van der Waals surface area contributed by atoms with Gasteiger partial charge in [0.2, 0.25) is 0 Å². The topological polar surface area (TPSA) is 77.1 Å². The summed E-state index contributed by atoms with van der Waals surface area (Å²) in [5.74, 6) is 2.40. The maximum absolute atomic E-state index is 12.8. The van der Waals surface area contributed by atoms with Crippen LogP contribution in [0.25, 0.3) is 0 Å². The molecule has 3 aromatic heterocycles. The summed E-state index contributed by atoms with van der Waals surface area (Å²) in [5, 5.41) is 4.99. The van der Waals surface area contributed by atoms with Crippen LogP contribution in [-0.2, 0) is 6.54 Å². The molecule has 28 heavy (non-hydrogen) atoms. The van der Waals surface area contributed by atoms with Crippen LogP contribution >= 0.6 is 11.3 Å².